The molecule has 4 rings (SSSR count). The molecule has 2 aromatic carbocycles. The van der Waals surface area contributed by atoms with Gasteiger partial charge in [0.05, 0.1) is 10.6 Å². The van der Waals surface area contributed by atoms with Crippen LogP contribution in [0.4, 0.5) is 5.69 Å². The lowest BCUT2D eigenvalue weighted by Gasteiger charge is -2.06. The van der Waals surface area contributed by atoms with Crippen molar-refractivity contribution in [3.05, 3.63) is 75.5 Å². The Morgan fingerprint density at radius 3 is 2.52 bits per heavy atom. The summed E-state index contributed by atoms with van der Waals surface area (Å²) in [7, 11) is 2.08. The van der Waals surface area contributed by atoms with Crippen LogP contribution in [0.5, 0.6) is 0 Å². The summed E-state index contributed by atoms with van der Waals surface area (Å²) < 4.78 is 2.21. The van der Waals surface area contributed by atoms with Crippen LogP contribution < -0.4 is 0 Å². The van der Waals surface area contributed by atoms with E-state index in [0.29, 0.717) is 0 Å². The van der Waals surface area contributed by atoms with E-state index in [2.05, 4.69) is 40.6 Å². The fraction of sp³-hybridized carbons (Fsp3) is 0.0526. The van der Waals surface area contributed by atoms with Crippen molar-refractivity contribution < 1.29 is 4.92 Å². The molecule has 0 fully saturated rings. The number of non-ortho nitro benzene ring substituents is 1. The van der Waals surface area contributed by atoms with Gasteiger partial charge < -0.3 is 4.57 Å². The fourth-order valence-electron chi connectivity index (χ4n) is 2.94. The Morgan fingerprint density at radius 1 is 1.08 bits per heavy atom. The third kappa shape index (κ3) is 2.83. The van der Waals surface area contributed by atoms with Crippen molar-refractivity contribution in [2.24, 2.45) is 7.05 Å². The number of rotatable bonds is 4. The Bertz CT molecular complexity index is 1050. The van der Waals surface area contributed by atoms with E-state index in [1.165, 1.54) is 27.1 Å². The molecular weight excluding hydrogens is 352 g/mol. The fourth-order valence-corrected chi connectivity index (χ4v) is 4.72. The summed E-state index contributed by atoms with van der Waals surface area (Å²) in [5, 5.41) is 16.3. The van der Waals surface area contributed by atoms with Crippen molar-refractivity contribution in [3.63, 3.8) is 0 Å². The zero-order valence-electron chi connectivity index (χ0n) is 13.4. The van der Waals surface area contributed by atoms with Gasteiger partial charge in [-0.05, 0) is 29.6 Å². The maximum atomic E-state index is 10.9. The number of aromatic nitrogens is 1. The summed E-state index contributed by atoms with van der Waals surface area (Å²) in [6.07, 6.45) is 0. The van der Waals surface area contributed by atoms with Crippen LogP contribution in [-0.2, 0) is 7.05 Å². The van der Waals surface area contributed by atoms with Gasteiger partial charge in [-0.3, -0.25) is 10.1 Å². The average Bonchev–Trinajstić information content (AvgIpc) is 3.23. The van der Waals surface area contributed by atoms with E-state index in [0.717, 1.165) is 4.90 Å². The number of nitrogens with zero attached hydrogens (tertiary/aromatic N) is 2. The Labute approximate surface area is 152 Å². The summed E-state index contributed by atoms with van der Waals surface area (Å²) in [4.78, 5) is 12.6. The van der Waals surface area contributed by atoms with Crippen molar-refractivity contribution in [1.29, 1.82) is 0 Å². The second-order valence-corrected chi connectivity index (χ2v) is 7.48. The zero-order valence-corrected chi connectivity index (χ0v) is 15.0. The van der Waals surface area contributed by atoms with E-state index in [-0.39, 0.29) is 10.6 Å². The first-order valence-electron chi connectivity index (χ1n) is 7.67. The van der Waals surface area contributed by atoms with Gasteiger partial charge in [0.2, 0.25) is 0 Å². The van der Waals surface area contributed by atoms with Crippen molar-refractivity contribution in [1.82, 2.24) is 4.57 Å². The summed E-state index contributed by atoms with van der Waals surface area (Å²) in [6.45, 7) is 0. The standard InChI is InChI=1S/C19H14N2O2S2/c1-20-17-5-3-2-4-16(17)19(18(20)13-10-11-24-12-13)25-15-8-6-14(7-9-15)21(22)23/h2-12H,1H3. The van der Waals surface area contributed by atoms with Crippen molar-refractivity contribution >= 4 is 39.7 Å². The van der Waals surface area contributed by atoms with Gasteiger partial charge in [0, 0.05) is 50.8 Å². The molecule has 0 saturated heterocycles. The Kier molecular flexibility index (Phi) is 4.07. The lowest BCUT2D eigenvalue weighted by molar-refractivity contribution is -0.384. The number of hydrogen-bond acceptors (Lipinski definition) is 4. The lowest BCUT2D eigenvalue weighted by atomic mass is 10.2. The van der Waals surface area contributed by atoms with E-state index in [1.54, 1.807) is 35.2 Å². The van der Waals surface area contributed by atoms with Gasteiger partial charge in [0.1, 0.15) is 0 Å². The molecule has 0 N–H and O–H groups in total. The minimum atomic E-state index is -0.372. The maximum Gasteiger partial charge on any atom is 0.269 e. The topological polar surface area (TPSA) is 48.1 Å². The van der Waals surface area contributed by atoms with Gasteiger partial charge in [-0.2, -0.15) is 11.3 Å². The molecule has 2 aromatic heterocycles. The molecule has 25 heavy (non-hydrogen) atoms. The summed E-state index contributed by atoms with van der Waals surface area (Å²) >= 11 is 3.32. The first-order valence-corrected chi connectivity index (χ1v) is 9.43. The van der Waals surface area contributed by atoms with Gasteiger partial charge in [0.15, 0.2) is 0 Å². The third-order valence-electron chi connectivity index (χ3n) is 4.12. The predicted molar refractivity (Wildman–Crippen MR) is 103 cm³/mol. The van der Waals surface area contributed by atoms with Gasteiger partial charge >= 0.3 is 0 Å². The molecule has 0 unspecified atom stereocenters. The molecule has 0 amide bonds. The highest BCUT2D eigenvalue weighted by molar-refractivity contribution is 7.99. The quantitative estimate of drug-likeness (QED) is 0.330. The summed E-state index contributed by atoms with van der Waals surface area (Å²) in [5.74, 6) is 0. The van der Waals surface area contributed by atoms with Crippen LogP contribution >= 0.6 is 23.1 Å². The Balaban J connectivity index is 1.85. The molecule has 0 atom stereocenters. The lowest BCUT2D eigenvalue weighted by Crippen LogP contribution is -1.90. The maximum absolute atomic E-state index is 10.9. The minimum absolute atomic E-state index is 0.111. The van der Waals surface area contributed by atoms with Crippen LogP contribution in [0, 0.1) is 10.1 Å². The van der Waals surface area contributed by atoms with Crippen LogP contribution in [0.15, 0.2) is 75.1 Å². The first kappa shape index (κ1) is 15.9. The first-order chi connectivity index (χ1) is 12.1. The van der Waals surface area contributed by atoms with E-state index < -0.39 is 0 Å². The van der Waals surface area contributed by atoms with Crippen LogP contribution in [0.3, 0.4) is 0 Å². The molecule has 6 heteroatoms. The zero-order chi connectivity index (χ0) is 17.4. The SMILES string of the molecule is Cn1c(-c2ccsc2)c(Sc2ccc([N+](=O)[O-])cc2)c2ccccc21. The van der Waals surface area contributed by atoms with Crippen LogP contribution in [0.25, 0.3) is 22.2 Å². The smallest absolute Gasteiger partial charge is 0.269 e. The number of aryl methyl sites for hydroxylation is 1. The summed E-state index contributed by atoms with van der Waals surface area (Å²) in [5.41, 5.74) is 3.65. The monoisotopic (exact) mass is 366 g/mol. The highest BCUT2D eigenvalue weighted by Gasteiger charge is 2.18. The van der Waals surface area contributed by atoms with Gasteiger partial charge in [-0.1, -0.05) is 30.0 Å². The van der Waals surface area contributed by atoms with Crippen molar-refractivity contribution in [2.45, 2.75) is 9.79 Å². The largest absolute Gasteiger partial charge is 0.343 e. The van der Waals surface area contributed by atoms with Crippen molar-refractivity contribution in [2.75, 3.05) is 0 Å². The van der Waals surface area contributed by atoms with Crippen LogP contribution in [0.1, 0.15) is 0 Å². The van der Waals surface area contributed by atoms with Gasteiger partial charge in [0.25, 0.3) is 5.69 Å². The van der Waals surface area contributed by atoms with E-state index >= 15 is 0 Å². The molecule has 0 aliphatic rings. The highest BCUT2D eigenvalue weighted by atomic mass is 32.2. The van der Waals surface area contributed by atoms with Gasteiger partial charge in [-0.15, -0.1) is 0 Å². The molecular formula is C19H14N2O2S2. The number of hydrogen-bond donors (Lipinski definition) is 0. The molecule has 124 valence electrons. The molecule has 0 bridgehead atoms. The normalized spacial score (nSPS) is 11.1. The molecule has 2 heterocycles. The predicted octanol–water partition coefficient (Wildman–Crippen LogP) is 5.97. The second-order valence-electron chi connectivity index (χ2n) is 5.62. The number of nitro groups is 1. The van der Waals surface area contributed by atoms with E-state index in [1.807, 2.05) is 24.3 Å². The summed E-state index contributed by atoms with van der Waals surface area (Å²) in [6, 6.07) is 17.2. The molecule has 0 spiro atoms. The van der Waals surface area contributed by atoms with Crippen molar-refractivity contribution in [3.8, 4) is 11.3 Å². The van der Waals surface area contributed by atoms with Crippen LogP contribution in [0.2, 0.25) is 0 Å². The molecule has 0 saturated carbocycles. The second kappa shape index (κ2) is 6.38. The average molecular weight is 366 g/mol. The Morgan fingerprint density at radius 2 is 1.84 bits per heavy atom. The van der Waals surface area contributed by atoms with Crippen LogP contribution in [-0.4, -0.2) is 9.49 Å². The minimum Gasteiger partial charge on any atom is -0.343 e. The highest BCUT2D eigenvalue weighted by Crippen LogP contribution is 2.43. The molecule has 0 aliphatic heterocycles. The number of nitro benzene ring substituents is 1. The third-order valence-corrected chi connectivity index (χ3v) is 5.93. The number of thiophene rings is 1. The molecule has 0 radical (unpaired) electrons. The van der Waals surface area contributed by atoms with E-state index in [9.17, 15) is 10.1 Å². The molecule has 0 aliphatic carbocycles. The van der Waals surface area contributed by atoms with Gasteiger partial charge in [-0.25, -0.2) is 0 Å². The number of fused-ring (bicyclic) bond motifs is 1. The molecule has 4 aromatic rings. The Hall–Kier alpha value is -2.57. The number of para-hydroxylation sites is 1. The number of benzene rings is 2. The van der Waals surface area contributed by atoms with E-state index in [4.69, 9.17) is 0 Å². The molecule has 4 nitrogen and oxygen atoms in total.